The minimum Gasteiger partial charge on any atom is -0.241 e. The fourth-order valence-corrected chi connectivity index (χ4v) is 1.37. The summed E-state index contributed by atoms with van der Waals surface area (Å²) in [4.78, 5) is 0. The van der Waals surface area contributed by atoms with Crippen LogP contribution in [0.25, 0.3) is 5.52 Å². The van der Waals surface area contributed by atoms with Crippen molar-refractivity contribution in [1.29, 1.82) is 5.26 Å². The third-order valence-electron chi connectivity index (χ3n) is 2.01. The molecule has 2 aromatic rings. The minimum atomic E-state index is 0.552. The first kappa shape index (κ1) is 7.81. The average Bonchev–Trinajstić information content (AvgIpc) is 2.58. The Morgan fingerprint density at radius 1 is 1.46 bits per heavy atom. The van der Waals surface area contributed by atoms with Crippen LogP contribution in [0.1, 0.15) is 12.0 Å². The molecule has 0 aromatic carbocycles. The van der Waals surface area contributed by atoms with E-state index in [1.807, 2.05) is 35.1 Å². The molecular formula is C10H9N3. The molecule has 3 heteroatoms. The van der Waals surface area contributed by atoms with Crippen LogP contribution in [0.2, 0.25) is 0 Å². The summed E-state index contributed by atoms with van der Waals surface area (Å²) in [6, 6.07) is 8.06. The maximum atomic E-state index is 8.46. The third kappa shape index (κ3) is 1.38. The first-order chi connectivity index (χ1) is 6.42. The molecule has 0 saturated carbocycles. The molecule has 3 nitrogen and oxygen atoms in total. The Bertz CT molecular complexity index is 450. The molecule has 0 saturated heterocycles. The molecular weight excluding hydrogens is 162 g/mol. The lowest BCUT2D eigenvalue weighted by Crippen LogP contribution is -1.85. The van der Waals surface area contributed by atoms with Gasteiger partial charge in [0.1, 0.15) is 0 Å². The predicted molar refractivity (Wildman–Crippen MR) is 49.1 cm³/mol. The van der Waals surface area contributed by atoms with Crippen LogP contribution in [0, 0.1) is 11.3 Å². The summed E-state index contributed by atoms with van der Waals surface area (Å²) in [5.74, 6) is 0. The molecule has 0 amide bonds. The Morgan fingerprint density at radius 3 is 3.23 bits per heavy atom. The van der Waals surface area contributed by atoms with Gasteiger partial charge < -0.3 is 0 Å². The molecule has 0 aliphatic rings. The first-order valence-corrected chi connectivity index (χ1v) is 4.20. The van der Waals surface area contributed by atoms with E-state index in [9.17, 15) is 0 Å². The molecule has 2 aromatic heterocycles. The van der Waals surface area contributed by atoms with Gasteiger partial charge in [-0.25, -0.2) is 4.52 Å². The molecule has 64 valence electrons. The van der Waals surface area contributed by atoms with E-state index in [0.29, 0.717) is 6.42 Å². The van der Waals surface area contributed by atoms with Crippen LogP contribution in [0.15, 0.2) is 30.6 Å². The summed E-state index contributed by atoms with van der Waals surface area (Å²) < 4.78 is 1.83. The average molecular weight is 171 g/mol. The number of pyridine rings is 1. The Morgan fingerprint density at radius 2 is 2.38 bits per heavy atom. The number of aromatic nitrogens is 2. The van der Waals surface area contributed by atoms with Crippen molar-refractivity contribution >= 4 is 5.52 Å². The van der Waals surface area contributed by atoms with Gasteiger partial charge >= 0.3 is 0 Å². The highest BCUT2D eigenvalue weighted by Gasteiger charge is 2.01. The lowest BCUT2D eigenvalue weighted by Gasteiger charge is -1.93. The van der Waals surface area contributed by atoms with Gasteiger partial charge in [-0.2, -0.15) is 10.4 Å². The second kappa shape index (κ2) is 3.28. The van der Waals surface area contributed by atoms with Crippen molar-refractivity contribution in [3.8, 4) is 6.07 Å². The molecule has 0 aliphatic carbocycles. The maximum absolute atomic E-state index is 8.46. The van der Waals surface area contributed by atoms with Gasteiger partial charge in [0.15, 0.2) is 0 Å². The van der Waals surface area contributed by atoms with Crippen LogP contribution in [-0.4, -0.2) is 9.61 Å². The monoisotopic (exact) mass is 171 g/mol. The Kier molecular flexibility index (Phi) is 1.97. The molecule has 0 atom stereocenters. The minimum absolute atomic E-state index is 0.552. The smallest absolute Gasteiger partial charge is 0.0693 e. The van der Waals surface area contributed by atoms with Gasteiger partial charge in [0.25, 0.3) is 0 Å². The Balaban J connectivity index is 2.41. The quantitative estimate of drug-likeness (QED) is 0.691. The summed E-state index contributed by atoms with van der Waals surface area (Å²) in [5, 5.41) is 12.6. The highest BCUT2D eigenvalue weighted by atomic mass is 15.2. The number of aryl methyl sites for hydroxylation is 1. The third-order valence-corrected chi connectivity index (χ3v) is 2.01. The number of fused-ring (bicyclic) bond motifs is 1. The van der Waals surface area contributed by atoms with Gasteiger partial charge in [0.2, 0.25) is 0 Å². The van der Waals surface area contributed by atoms with E-state index >= 15 is 0 Å². The zero-order valence-corrected chi connectivity index (χ0v) is 7.14. The fraction of sp³-hybridized carbons (Fsp3) is 0.200. The second-order valence-corrected chi connectivity index (χ2v) is 2.86. The summed E-state index contributed by atoms with van der Waals surface area (Å²) in [6.07, 6.45) is 5.07. The molecule has 0 fully saturated rings. The van der Waals surface area contributed by atoms with Crippen LogP contribution >= 0.6 is 0 Å². The zero-order chi connectivity index (χ0) is 9.10. The van der Waals surface area contributed by atoms with Gasteiger partial charge in [-0.05, 0) is 24.1 Å². The van der Waals surface area contributed by atoms with E-state index in [0.717, 1.165) is 17.5 Å². The standard InChI is InChI=1S/C10H9N3/c11-6-3-4-9-8-12-13-7-2-1-5-10(9)13/h1-2,5,7-8H,3-4H2. The van der Waals surface area contributed by atoms with Gasteiger partial charge in [-0.15, -0.1) is 0 Å². The number of nitriles is 1. The van der Waals surface area contributed by atoms with Gasteiger partial charge in [0.05, 0.1) is 17.8 Å². The molecule has 0 aliphatic heterocycles. The molecule has 13 heavy (non-hydrogen) atoms. The zero-order valence-electron chi connectivity index (χ0n) is 7.14. The largest absolute Gasteiger partial charge is 0.241 e. The van der Waals surface area contributed by atoms with Gasteiger partial charge in [-0.3, -0.25) is 0 Å². The van der Waals surface area contributed by atoms with E-state index in [2.05, 4.69) is 11.2 Å². The summed E-state index contributed by atoms with van der Waals surface area (Å²) in [6.45, 7) is 0. The normalized spacial score (nSPS) is 10.1. The second-order valence-electron chi connectivity index (χ2n) is 2.86. The van der Waals surface area contributed by atoms with E-state index in [-0.39, 0.29) is 0 Å². The fourth-order valence-electron chi connectivity index (χ4n) is 1.37. The highest BCUT2D eigenvalue weighted by Crippen LogP contribution is 2.11. The van der Waals surface area contributed by atoms with Gasteiger partial charge in [-0.1, -0.05) is 6.07 Å². The molecule has 0 N–H and O–H groups in total. The van der Waals surface area contributed by atoms with E-state index < -0.39 is 0 Å². The molecule has 2 heterocycles. The van der Waals surface area contributed by atoms with Crippen molar-refractivity contribution in [3.63, 3.8) is 0 Å². The first-order valence-electron chi connectivity index (χ1n) is 4.20. The summed E-state index contributed by atoms with van der Waals surface area (Å²) >= 11 is 0. The Hall–Kier alpha value is -1.82. The number of nitrogens with zero attached hydrogens (tertiary/aromatic N) is 3. The van der Waals surface area contributed by atoms with Crippen molar-refractivity contribution in [3.05, 3.63) is 36.2 Å². The molecule has 0 spiro atoms. The maximum Gasteiger partial charge on any atom is 0.0693 e. The predicted octanol–water partition coefficient (Wildman–Crippen LogP) is 1.79. The number of hydrogen-bond donors (Lipinski definition) is 0. The summed E-state index contributed by atoms with van der Waals surface area (Å²) in [5.41, 5.74) is 2.24. The topological polar surface area (TPSA) is 41.1 Å². The molecule has 0 radical (unpaired) electrons. The number of rotatable bonds is 2. The van der Waals surface area contributed by atoms with Crippen molar-refractivity contribution in [2.45, 2.75) is 12.8 Å². The van der Waals surface area contributed by atoms with E-state index in [1.165, 1.54) is 0 Å². The lowest BCUT2D eigenvalue weighted by molar-refractivity contribution is 0.961. The van der Waals surface area contributed by atoms with Crippen molar-refractivity contribution in [2.75, 3.05) is 0 Å². The van der Waals surface area contributed by atoms with Crippen LogP contribution < -0.4 is 0 Å². The molecule has 0 bridgehead atoms. The van der Waals surface area contributed by atoms with Crippen LogP contribution in [0.5, 0.6) is 0 Å². The number of hydrogen-bond acceptors (Lipinski definition) is 2. The lowest BCUT2D eigenvalue weighted by atomic mass is 10.1. The van der Waals surface area contributed by atoms with Crippen LogP contribution in [0.3, 0.4) is 0 Å². The summed E-state index contributed by atoms with van der Waals surface area (Å²) in [7, 11) is 0. The van der Waals surface area contributed by atoms with Crippen LogP contribution in [-0.2, 0) is 6.42 Å². The SMILES string of the molecule is N#CCCc1cnn2ccccc12. The molecule has 2 rings (SSSR count). The van der Waals surface area contributed by atoms with E-state index in [1.54, 1.807) is 0 Å². The van der Waals surface area contributed by atoms with E-state index in [4.69, 9.17) is 5.26 Å². The Labute approximate surface area is 76.2 Å². The van der Waals surface area contributed by atoms with Crippen molar-refractivity contribution < 1.29 is 0 Å². The van der Waals surface area contributed by atoms with Crippen LogP contribution in [0.4, 0.5) is 0 Å². The molecule has 0 unspecified atom stereocenters. The van der Waals surface area contributed by atoms with Gasteiger partial charge in [0, 0.05) is 12.6 Å². The highest BCUT2D eigenvalue weighted by molar-refractivity contribution is 5.53. The van der Waals surface area contributed by atoms with Crippen molar-refractivity contribution in [1.82, 2.24) is 9.61 Å². The van der Waals surface area contributed by atoms with Crippen molar-refractivity contribution in [2.24, 2.45) is 0 Å².